The smallest absolute Gasteiger partial charge is 0.191 e. The third kappa shape index (κ3) is 3.59. The lowest BCUT2D eigenvalue weighted by Crippen LogP contribution is -2.38. The van der Waals surface area contributed by atoms with E-state index in [9.17, 15) is 0 Å². The van der Waals surface area contributed by atoms with Crippen molar-refractivity contribution in [1.82, 2.24) is 25.2 Å². The summed E-state index contributed by atoms with van der Waals surface area (Å²) < 4.78 is 1.91. The van der Waals surface area contributed by atoms with E-state index in [4.69, 9.17) is 0 Å². The second kappa shape index (κ2) is 6.39. The van der Waals surface area contributed by atoms with Crippen molar-refractivity contribution in [3.05, 3.63) is 42.6 Å². The molecule has 2 aromatic rings. The van der Waals surface area contributed by atoms with E-state index in [0.717, 1.165) is 23.9 Å². The van der Waals surface area contributed by atoms with E-state index >= 15 is 0 Å². The van der Waals surface area contributed by atoms with Crippen LogP contribution in [-0.2, 0) is 6.54 Å². The fourth-order valence-electron chi connectivity index (χ4n) is 2.08. The molecule has 0 unspecified atom stereocenters. The molecule has 1 aliphatic carbocycles. The van der Waals surface area contributed by atoms with Gasteiger partial charge in [0.2, 0.25) is 0 Å². The Labute approximate surface area is 124 Å². The van der Waals surface area contributed by atoms with Gasteiger partial charge in [0.1, 0.15) is 12.1 Å². The predicted octanol–water partition coefficient (Wildman–Crippen LogP) is 1.48. The van der Waals surface area contributed by atoms with Crippen LogP contribution in [0.1, 0.15) is 25.3 Å². The van der Waals surface area contributed by atoms with Crippen molar-refractivity contribution in [2.75, 3.05) is 6.54 Å². The van der Waals surface area contributed by atoms with Gasteiger partial charge in [-0.05, 0) is 25.8 Å². The molecule has 0 aliphatic heterocycles. The van der Waals surface area contributed by atoms with Gasteiger partial charge in [0, 0.05) is 36.7 Å². The molecule has 2 N–H and O–H groups in total. The second-order valence-corrected chi connectivity index (χ2v) is 5.07. The Morgan fingerprint density at radius 2 is 2.33 bits per heavy atom. The minimum Gasteiger partial charge on any atom is -0.357 e. The zero-order valence-corrected chi connectivity index (χ0v) is 12.2. The quantitative estimate of drug-likeness (QED) is 0.645. The van der Waals surface area contributed by atoms with E-state index in [1.54, 1.807) is 18.7 Å². The van der Waals surface area contributed by atoms with Gasteiger partial charge in [0.05, 0.1) is 6.54 Å². The van der Waals surface area contributed by atoms with Crippen LogP contribution in [0.3, 0.4) is 0 Å². The molecule has 3 rings (SSSR count). The number of pyridine rings is 1. The summed E-state index contributed by atoms with van der Waals surface area (Å²) in [6.45, 7) is 3.52. The average molecular weight is 284 g/mol. The second-order valence-electron chi connectivity index (χ2n) is 5.07. The van der Waals surface area contributed by atoms with Gasteiger partial charge in [-0.3, -0.25) is 4.57 Å². The molecule has 0 atom stereocenters. The zero-order valence-electron chi connectivity index (χ0n) is 12.2. The van der Waals surface area contributed by atoms with Gasteiger partial charge in [-0.2, -0.15) is 0 Å². The predicted molar refractivity (Wildman–Crippen MR) is 82.3 cm³/mol. The molecule has 0 aromatic carbocycles. The van der Waals surface area contributed by atoms with E-state index in [0.29, 0.717) is 12.6 Å². The minimum absolute atomic E-state index is 0.587. The van der Waals surface area contributed by atoms with Gasteiger partial charge in [0.15, 0.2) is 5.96 Å². The van der Waals surface area contributed by atoms with Crippen molar-refractivity contribution < 1.29 is 0 Å². The van der Waals surface area contributed by atoms with Crippen LogP contribution in [0.2, 0.25) is 0 Å². The summed E-state index contributed by atoms with van der Waals surface area (Å²) in [5.41, 5.74) is 1.07. The molecule has 6 nitrogen and oxygen atoms in total. The Balaban J connectivity index is 1.77. The summed E-state index contributed by atoms with van der Waals surface area (Å²) in [5.74, 6) is 1.75. The van der Waals surface area contributed by atoms with E-state index < -0.39 is 0 Å². The lowest BCUT2D eigenvalue weighted by molar-refractivity contribution is 0.809. The number of hydrogen-bond acceptors (Lipinski definition) is 3. The molecular weight excluding hydrogens is 264 g/mol. The molecule has 1 fully saturated rings. The SMILES string of the molecule is CCNC(=NCc1cccnc1-n1ccnc1)NC1CC1. The molecular formula is C15H20N6. The highest BCUT2D eigenvalue weighted by Gasteiger charge is 2.22. The van der Waals surface area contributed by atoms with Crippen molar-refractivity contribution in [2.45, 2.75) is 32.4 Å². The number of nitrogens with one attached hydrogen (secondary N) is 2. The normalized spacial score (nSPS) is 15.0. The fourth-order valence-corrected chi connectivity index (χ4v) is 2.08. The summed E-state index contributed by atoms with van der Waals surface area (Å²) in [5, 5.41) is 6.69. The van der Waals surface area contributed by atoms with Gasteiger partial charge in [0.25, 0.3) is 0 Å². The molecule has 0 amide bonds. The number of imidazole rings is 1. The Morgan fingerprint density at radius 1 is 1.43 bits per heavy atom. The highest BCUT2D eigenvalue weighted by Crippen LogP contribution is 2.18. The van der Waals surface area contributed by atoms with Crippen molar-refractivity contribution in [1.29, 1.82) is 0 Å². The Bertz CT molecular complexity index is 600. The largest absolute Gasteiger partial charge is 0.357 e. The van der Waals surface area contributed by atoms with Gasteiger partial charge >= 0.3 is 0 Å². The van der Waals surface area contributed by atoms with E-state index in [-0.39, 0.29) is 0 Å². The lowest BCUT2D eigenvalue weighted by atomic mass is 10.2. The van der Waals surface area contributed by atoms with Crippen LogP contribution in [0, 0.1) is 0 Å². The summed E-state index contributed by atoms with van der Waals surface area (Å²) in [7, 11) is 0. The van der Waals surface area contributed by atoms with Crippen LogP contribution in [0.25, 0.3) is 5.82 Å². The summed E-state index contributed by atoms with van der Waals surface area (Å²) in [4.78, 5) is 13.2. The molecule has 0 radical (unpaired) electrons. The van der Waals surface area contributed by atoms with Crippen molar-refractivity contribution >= 4 is 5.96 Å². The topological polar surface area (TPSA) is 67.1 Å². The molecule has 21 heavy (non-hydrogen) atoms. The third-order valence-corrected chi connectivity index (χ3v) is 3.29. The highest BCUT2D eigenvalue weighted by molar-refractivity contribution is 5.80. The maximum atomic E-state index is 4.66. The van der Waals surface area contributed by atoms with E-state index in [2.05, 4.69) is 32.5 Å². The summed E-state index contributed by atoms with van der Waals surface area (Å²) in [6, 6.07) is 4.57. The van der Waals surface area contributed by atoms with Crippen LogP contribution < -0.4 is 10.6 Å². The van der Waals surface area contributed by atoms with Crippen LogP contribution in [0.4, 0.5) is 0 Å². The first kappa shape index (κ1) is 13.6. The number of rotatable bonds is 5. The Morgan fingerprint density at radius 3 is 3.05 bits per heavy atom. The molecule has 1 saturated carbocycles. The Kier molecular flexibility index (Phi) is 4.14. The fraction of sp³-hybridized carbons (Fsp3) is 0.400. The van der Waals surface area contributed by atoms with Crippen molar-refractivity contribution in [3.8, 4) is 5.82 Å². The molecule has 6 heteroatoms. The van der Waals surface area contributed by atoms with Crippen molar-refractivity contribution in [3.63, 3.8) is 0 Å². The van der Waals surface area contributed by atoms with Gasteiger partial charge < -0.3 is 10.6 Å². The van der Waals surface area contributed by atoms with Gasteiger partial charge in [-0.25, -0.2) is 15.0 Å². The molecule has 2 heterocycles. The first-order valence-electron chi connectivity index (χ1n) is 7.34. The van der Waals surface area contributed by atoms with Gasteiger partial charge in [-0.1, -0.05) is 6.07 Å². The monoisotopic (exact) mass is 284 g/mol. The molecule has 2 aromatic heterocycles. The van der Waals surface area contributed by atoms with Gasteiger partial charge in [-0.15, -0.1) is 0 Å². The van der Waals surface area contributed by atoms with E-state index in [1.807, 2.05) is 22.9 Å². The third-order valence-electron chi connectivity index (χ3n) is 3.29. The molecule has 0 spiro atoms. The minimum atomic E-state index is 0.587. The molecule has 1 aliphatic rings. The van der Waals surface area contributed by atoms with Crippen LogP contribution >= 0.6 is 0 Å². The van der Waals surface area contributed by atoms with Crippen molar-refractivity contribution in [2.24, 2.45) is 4.99 Å². The number of nitrogens with zero attached hydrogens (tertiary/aromatic N) is 4. The number of guanidine groups is 1. The molecule has 0 bridgehead atoms. The van der Waals surface area contributed by atoms with E-state index in [1.165, 1.54) is 12.8 Å². The zero-order chi connectivity index (χ0) is 14.5. The van der Waals surface area contributed by atoms with Crippen LogP contribution in [0.15, 0.2) is 42.0 Å². The highest BCUT2D eigenvalue weighted by atomic mass is 15.2. The first-order chi connectivity index (χ1) is 10.4. The molecule has 110 valence electrons. The number of aliphatic imine (C=N–C) groups is 1. The van der Waals surface area contributed by atoms with Crippen LogP contribution in [0.5, 0.6) is 0 Å². The number of aromatic nitrogens is 3. The summed E-state index contributed by atoms with van der Waals surface area (Å²) >= 11 is 0. The standard InChI is InChI=1S/C15H20N6/c1-2-17-15(20-13-5-6-13)19-10-12-4-3-7-18-14(12)21-9-8-16-11-21/h3-4,7-9,11,13H,2,5-6,10H2,1H3,(H2,17,19,20). The lowest BCUT2D eigenvalue weighted by Gasteiger charge is -2.11. The molecule has 0 saturated heterocycles. The average Bonchev–Trinajstić information content (AvgIpc) is 3.15. The summed E-state index contributed by atoms with van der Waals surface area (Å²) in [6.07, 6.45) is 9.65. The maximum Gasteiger partial charge on any atom is 0.191 e. The Hall–Kier alpha value is -2.37. The first-order valence-corrected chi connectivity index (χ1v) is 7.34. The number of hydrogen-bond donors (Lipinski definition) is 2. The van der Waals surface area contributed by atoms with Crippen LogP contribution in [-0.4, -0.2) is 33.1 Å². The maximum absolute atomic E-state index is 4.66.